The Balaban J connectivity index is 1.33. The van der Waals surface area contributed by atoms with Gasteiger partial charge in [-0.1, -0.05) is 12.1 Å². The first kappa shape index (κ1) is 30.0. The number of pyridine rings is 1. The molecule has 3 N–H and O–H groups in total. The molecule has 1 saturated carbocycles. The van der Waals surface area contributed by atoms with Gasteiger partial charge in [-0.15, -0.1) is 0 Å². The van der Waals surface area contributed by atoms with Crippen LogP contribution in [0.4, 0.5) is 13.2 Å². The lowest BCUT2D eigenvalue weighted by Crippen LogP contribution is -2.47. The molecule has 0 radical (unpaired) electrons. The number of carbonyl (C=O) groups is 2. The fraction of sp³-hybridized carbons (Fsp3) is 0.552. The highest BCUT2D eigenvalue weighted by Crippen LogP contribution is 2.36. The SMILES string of the molecule is CC(C)OC[C@@H]1C[C@H](NC2CCC(O)(c3ccccn3)CC2)CN1C(=O)CNC(=O)c1cccc(C(F)(F)F)c1. The molecular formula is C29H37F3N4O4. The second kappa shape index (κ2) is 12.7. The highest BCUT2D eigenvalue weighted by molar-refractivity contribution is 5.96. The Hall–Kier alpha value is -3.02. The average molecular weight is 563 g/mol. The zero-order valence-corrected chi connectivity index (χ0v) is 22.8. The molecule has 2 fully saturated rings. The Morgan fingerprint density at radius 2 is 1.90 bits per heavy atom. The molecule has 1 aliphatic carbocycles. The Morgan fingerprint density at radius 1 is 1.15 bits per heavy atom. The van der Waals surface area contributed by atoms with Crippen LogP contribution < -0.4 is 10.6 Å². The molecule has 2 aromatic rings. The van der Waals surface area contributed by atoms with E-state index in [1.807, 2.05) is 32.0 Å². The second-order valence-electron chi connectivity index (χ2n) is 11.0. The third-order valence-corrected chi connectivity index (χ3v) is 7.63. The molecule has 40 heavy (non-hydrogen) atoms. The number of nitrogens with zero attached hydrogens (tertiary/aromatic N) is 2. The number of alkyl halides is 3. The van der Waals surface area contributed by atoms with E-state index in [4.69, 9.17) is 4.74 Å². The lowest BCUT2D eigenvalue weighted by atomic mass is 9.79. The molecule has 1 saturated heterocycles. The van der Waals surface area contributed by atoms with Crippen LogP contribution in [0.25, 0.3) is 0 Å². The minimum atomic E-state index is -4.57. The van der Waals surface area contributed by atoms with Crippen molar-refractivity contribution < 1.29 is 32.6 Å². The molecule has 1 aliphatic heterocycles. The molecule has 2 atom stereocenters. The zero-order valence-electron chi connectivity index (χ0n) is 22.8. The number of aliphatic hydroxyl groups is 1. The van der Waals surface area contributed by atoms with E-state index < -0.39 is 23.2 Å². The minimum Gasteiger partial charge on any atom is -0.384 e. The van der Waals surface area contributed by atoms with Gasteiger partial charge in [0.2, 0.25) is 5.91 Å². The van der Waals surface area contributed by atoms with Crippen molar-refractivity contribution >= 4 is 11.8 Å². The Morgan fingerprint density at radius 3 is 2.55 bits per heavy atom. The average Bonchev–Trinajstić information content (AvgIpc) is 3.34. The van der Waals surface area contributed by atoms with Gasteiger partial charge in [0.05, 0.1) is 36.6 Å². The van der Waals surface area contributed by atoms with Crippen LogP contribution in [-0.2, 0) is 21.3 Å². The number of carbonyl (C=O) groups excluding carboxylic acids is 2. The van der Waals surface area contributed by atoms with Gasteiger partial charge in [-0.2, -0.15) is 13.2 Å². The van der Waals surface area contributed by atoms with E-state index in [-0.39, 0.29) is 42.2 Å². The molecule has 4 rings (SSSR count). The van der Waals surface area contributed by atoms with Gasteiger partial charge in [0.25, 0.3) is 5.91 Å². The van der Waals surface area contributed by atoms with Crippen LogP contribution in [0.2, 0.25) is 0 Å². The number of ether oxygens (including phenoxy) is 1. The van der Waals surface area contributed by atoms with Crippen LogP contribution in [0.15, 0.2) is 48.7 Å². The third-order valence-electron chi connectivity index (χ3n) is 7.63. The van der Waals surface area contributed by atoms with Crippen LogP contribution in [0, 0.1) is 0 Å². The quantitative estimate of drug-likeness (QED) is 0.431. The minimum absolute atomic E-state index is 0.00919. The van der Waals surface area contributed by atoms with Crippen LogP contribution >= 0.6 is 0 Å². The van der Waals surface area contributed by atoms with Crippen molar-refractivity contribution in [2.45, 2.75) is 82.0 Å². The third kappa shape index (κ3) is 7.58. The van der Waals surface area contributed by atoms with E-state index in [2.05, 4.69) is 15.6 Å². The molecule has 0 spiro atoms. The lowest BCUT2D eigenvalue weighted by molar-refractivity contribution is -0.137. The number of likely N-dealkylation sites (tertiary alicyclic amines) is 1. The van der Waals surface area contributed by atoms with Gasteiger partial charge >= 0.3 is 6.18 Å². The molecule has 0 bridgehead atoms. The standard InChI is InChI=1S/C29H37F3N4O4/c1-19(2)40-18-24-15-23(35-22-9-11-28(39,12-10-22)25-8-3-4-13-33-25)17-36(24)26(37)16-34-27(38)20-6-5-7-21(14-20)29(30,31)32/h3-8,13-14,19,22-24,35,39H,9-12,15-18H2,1-2H3,(H,34,38)/t22?,23-,24-,28?/m0/s1. The molecule has 8 nitrogen and oxygen atoms in total. The number of amides is 2. The molecular weight excluding hydrogens is 525 g/mol. The molecule has 11 heteroatoms. The van der Waals surface area contributed by atoms with E-state index in [1.165, 1.54) is 6.07 Å². The fourth-order valence-electron chi connectivity index (χ4n) is 5.49. The number of aromatic nitrogens is 1. The van der Waals surface area contributed by atoms with E-state index in [0.29, 0.717) is 38.1 Å². The molecule has 2 aliphatic rings. The summed E-state index contributed by atoms with van der Waals surface area (Å²) in [7, 11) is 0. The highest BCUT2D eigenvalue weighted by Gasteiger charge is 2.40. The first-order valence-electron chi connectivity index (χ1n) is 13.7. The Bertz CT molecular complexity index is 1150. The zero-order chi connectivity index (χ0) is 28.9. The number of hydrogen-bond acceptors (Lipinski definition) is 6. The predicted octanol–water partition coefficient (Wildman–Crippen LogP) is 3.64. The molecule has 1 aromatic heterocycles. The molecule has 2 heterocycles. The van der Waals surface area contributed by atoms with Crippen LogP contribution in [-0.4, -0.2) is 70.7 Å². The smallest absolute Gasteiger partial charge is 0.384 e. The van der Waals surface area contributed by atoms with Crippen molar-refractivity contribution in [2.75, 3.05) is 19.7 Å². The summed E-state index contributed by atoms with van der Waals surface area (Å²) < 4.78 is 44.9. The summed E-state index contributed by atoms with van der Waals surface area (Å²) in [5.74, 6) is -1.07. The second-order valence-corrected chi connectivity index (χ2v) is 11.0. The summed E-state index contributed by atoms with van der Waals surface area (Å²) in [5, 5.41) is 17.2. The first-order chi connectivity index (χ1) is 18.9. The number of nitrogens with one attached hydrogen (secondary N) is 2. The largest absolute Gasteiger partial charge is 0.416 e. The molecule has 1 aromatic carbocycles. The summed E-state index contributed by atoms with van der Waals surface area (Å²) >= 11 is 0. The highest BCUT2D eigenvalue weighted by atomic mass is 19.4. The molecule has 218 valence electrons. The van der Waals surface area contributed by atoms with Crippen molar-refractivity contribution in [1.29, 1.82) is 0 Å². The van der Waals surface area contributed by atoms with Crippen molar-refractivity contribution in [3.8, 4) is 0 Å². The summed E-state index contributed by atoms with van der Waals surface area (Å²) in [5.41, 5.74) is -1.34. The number of halogens is 3. The molecule has 0 unspecified atom stereocenters. The molecule has 2 amide bonds. The van der Waals surface area contributed by atoms with Crippen LogP contribution in [0.1, 0.15) is 67.6 Å². The van der Waals surface area contributed by atoms with Gasteiger partial charge in [-0.05, 0) is 76.3 Å². The topological polar surface area (TPSA) is 104 Å². The van der Waals surface area contributed by atoms with Gasteiger partial charge in [0, 0.05) is 30.4 Å². The van der Waals surface area contributed by atoms with Gasteiger partial charge in [-0.25, -0.2) is 0 Å². The Kier molecular flexibility index (Phi) is 9.48. The maximum atomic E-state index is 13.2. The normalized spacial score (nSPS) is 25.3. The lowest BCUT2D eigenvalue weighted by Gasteiger charge is -2.37. The van der Waals surface area contributed by atoms with Crippen molar-refractivity contribution in [2.24, 2.45) is 0 Å². The van der Waals surface area contributed by atoms with Crippen molar-refractivity contribution in [3.63, 3.8) is 0 Å². The summed E-state index contributed by atoms with van der Waals surface area (Å²) in [4.78, 5) is 31.7. The summed E-state index contributed by atoms with van der Waals surface area (Å²) in [6.07, 6.45) is 0.451. The number of benzene rings is 1. The van der Waals surface area contributed by atoms with E-state index in [0.717, 1.165) is 31.0 Å². The summed E-state index contributed by atoms with van der Waals surface area (Å²) in [6, 6.07) is 9.64. The Labute approximate surface area is 232 Å². The number of rotatable bonds is 9. The van der Waals surface area contributed by atoms with Crippen LogP contribution in [0.5, 0.6) is 0 Å². The van der Waals surface area contributed by atoms with Crippen molar-refractivity contribution in [3.05, 3.63) is 65.5 Å². The van der Waals surface area contributed by atoms with E-state index >= 15 is 0 Å². The predicted molar refractivity (Wildman–Crippen MR) is 142 cm³/mol. The van der Waals surface area contributed by atoms with Gasteiger partial charge in [-0.3, -0.25) is 14.6 Å². The summed E-state index contributed by atoms with van der Waals surface area (Å²) in [6.45, 7) is 4.26. The maximum absolute atomic E-state index is 13.2. The van der Waals surface area contributed by atoms with E-state index in [1.54, 1.807) is 11.1 Å². The van der Waals surface area contributed by atoms with E-state index in [9.17, 15) is 27.9 Å². The van der Waals surface area contributed by atoms with Gasteiger partial charge in [0.1, 0.15) is 5.60 Å². The monoisotopic (exact) mass is 562 g/mol. The van der Waals surface area contributed by atoms with Gasteiger partial charge in [0.15, 0.2) is 0 Å². The fourth-order valence-corrected chi connectivity index (χ4v) is 5.49. The first-order valence-corrected chi connectivity index (χ1v) is 13.7. The van der Waals surface area contributed by atoms with Crippen LogP contribution in [0.3, 0.4) is 0 Å². The van der Waals surface area contributed by atoms with Gasteiger partial charge < -0.3 is 25.4 Å². The number of hydrogen-bond donors (Lipinski definition) is 3. The van der Waals surface area contributed by atoms with Crippen molar-refractivity contribution in [1.82, 2.24) is 20.5 Å². The maximum Gasteiger partial charge on any atom is 0.416 e.